The molecule has 0 aliphatic heterocycles. The fourth-order valence-corrected chi connectivity index (χ4v) is 1.45. The standard InChI is InChI=1S/C12H19N3O2/c1-14-12(13)15-7-6-9-4-5-10(16-2)11(8-9)17-3/h4-5,8H,6-7H2,1-3H3,(H3,13,14,15). The summed E-state index contributed by atoms with van der Waals surface area (Å²) < 4.78 is 10.4. The Morgan fingerprint density at radius 3 is 2.59 bits per heavy atom. The number of guanidine groups is 1. The van der Waals surface area contributed by atoms with E-state index in [-0.39, 0.29) is 0 Å². The van der Waals surface area contributed by atoms with Gasteiger partial charge in [-0.3, -0.25) is 4.99 Å². The molecule has 0 aromatic heterocycles. The first-order valence-corrected chi connectivity index (χ1v) is 5.38. The zero-order valence-corrected chi connectivity index (χ0v) is 10.5. The van der Waals surface area contributed by atoms with Crippen molar-refractivity contribution in [1.29, 1.82) is 0 Å². The zero-order valence-electron chi connectivity index (χ0n) is 10.5. The minimum absolute atomic E-state index is 0.450. The fraction of sp³-hybridized carbons (Fsp3) is 0.417. The molecule has 0 aliphatic carbocycles. The molecule has 0 aliphatic rings. The minimum Gasteiger partial charge on any atom is -0.493 e. The molecule has 5 heteroatoms. The van der Waals surface area contributed by atoms with Gasteiger partial charge < -0.3 is 20.5 Å². The van der Waals surface area contributed by atoms with E-state index in [1.807, 2.05) is 18.2 Å². The van der Waals surface area contributed by atoms with E-state index in [0.29, 0.717) is 5.96 Å². The van der Waals surface area contributed by atoms with Gasteiger partial charge in [-0.15, -0.1) is 0 Å². The number of nitrogens with zero attached hydrogens (tertiary/aromatic N) is 1. The smallest absolute Gasteiger partial charge is 0.188 e. The van der Waals surface area contributed by atoms with E-state index in [2.05, 4.69) is 10.3 Å². The third kappa shape index (κ3) is 3.86. The minimum atomic E-state index is 0.450. The van der Waals surface area contributed by atoms with Crippen LogP contribution in [-0.2, 0) is 6.42 Å². The summed E-state index contributed by atoms with van der Waals surface area (Å²) in [5.74, 6) is 1.92. The van der Waals surface area contributed by atoms with Gasteiger partial charge in [0.2, 0.25) is 0 Å². The first kappa shape index (κ1) is 13.2. The molecule has 1 aromatic rings. The summed E-state index contributed by atoms with van der Waals surface area (Å²) in [4.78, 5) is 3.82. The van der Waals surface area contributed by atoms with Crippen molar-refractivity contribution >= 4 is 5.96 Å². The topological polar surface area (TPSA) is 68.9 Å². The maximum absolute atomic E-state index is 5.53. The summed E-state index contributed by atoms with van der Waals surface area (Å²) in [5, 5.41) is 3.00. The Kier molecular flexibility index (Phi) is 5.13. The third-order valence-corrected chi connectivity index (χ3v) is 2.41. The number of benzene rings is 1. The monoisotopic (exact) mass is 237 g/mol. The van der Waals surface area contributed by atoms with Crippen LogP contribution in [-0.4, -0.2) is 33.8 Å². The Labute approximate surface area is 102 Å². The second kappa shape index (κ2) is 6.62. The van der Waals surface area contributed by atoms with Crippen LogP contribution in [0.1, 0.15) is 5.56 Å². The summed E-state index contributed by atoms with van der Waals surface area (Å²) in [6.45, 7) is 0.735. The van der Waals surface area contributed by atoms with E-state index in [0.717, 1.165) is 30.0 Å². The highest BCUT2D eigenvalue weighted by Crippen LogP contribution is 2.27. The molecule has 17 heavy (non-hydrogen) atoms. The van der Waals surface area contributed by atoms with Gasteiger partial charge in [0, 0.05) is 13.6 Å². The number of hydrogen-bond acceptors (Lipinski definition) is 3. The van der Waals surface area contributed by atoms with Crippen molar-refractivity contribution in [3.63, 3.8) is 0 Å². The molecule has 0 amide bonds. The first-order valence-electron chi connectivity index (χ1n) is 5.38. The highest BCUT2D eigenvalue weighted by Gasteiger charge is 2.04. The Balaban J connectivity index is 2.60. The van der Waals surface area contributed by atoms with E-state index in [4.69, 9.17) is 15.2 Å². The van der Waals surface area contributed by atoms with Crippen LogP contribution in [0.15, 0.2) is 23.2 Å². The molecular weight excluding hydrogens is 218 g/mol. The van der Waals surface area contributed by atoms with Gasteiger partial charge in [0.25, 0.3) is 0 Å². The number of methoxy groups -OCH3 is 2. The van der Waals surface area contributed by atoms with Gasteiger partial charge >= 0.3 is 0 Å². The van der Waals surface area contributed by atoms with Crippen molar-refractivity contribution in [2.24, 2.45) is 10.7 Å². The predicted octanol–water partition coefficient (Wildman–Crippen LogP) is 0.780. The Morgan fingerprint density at radius 1 is 1.29 bits per heavy atom. The maximum Gasteiger partial charge on any atom is 0.188 e. The Hall–Kier alpha value is -1.91. The predicted molar refractivity (Wildman–Crippen MR) is 68.8 cm³/mol. The zero-order chi connectivity index (χ0) is 12.7. The average Bonchev–Trinajstić information content (AvgIpc) is 2.38. The van der Waals surface area contributed by atoms with E-state index in [9.17, 15) is 0 Å². The molecule has 94 valence electrons. The van der Waals surface area contributed by atoms with Crippen molar-refractivity contribution in [3.8, 4) is 11.5 Å². The van der Waals surface area contributed by atoms with Gasteiger partial charge in [0.15, 0.2) is 17.5 Å². The molecule has 1 aromatic carbocycles. The van der Waals surface area contributed by atoms with Crippen molar-refractivity contribution in [2.45, 2.75) is 6.42 Å². The first-order chi connectivity index (χ1) is 8.21. The molecule has 0 saturated heterocycles. The molecule has 0 saturated carbocycles. The summed E-state index contributed by atoms with van der Waals surface area (Å²) >= 11 is 0. The van der Waals surface area contributed by atoms with Crippen LogP contribution >= 0.6 is 0 Å². The molecule has 0 spiro atoms. The van der Waals surface area contributed by atoms with Gasteiger partial charge in [-0.1, -0.05) is 6.07 Å². The van der Waals surface area contributed by atoms with E-state index < -0.39 is 0 Å². The van der Waals surface area contributed by atoms with Gasteiger partial charge in [0.1, 0.15) is 0 Å². The van der Waals surface area contributed by atoms with Gasteiger partial charge in [-0.05, 0) is 24.1 Å². The van der Waals surface area contributed by atoms with Gasteiger partial charge in [-0.25, -0.2) is 0 Å². The second-order valence-electron chi connectivity index (χ2n) is 3.47. The van der Waals surface area contributed by atoms with E-state index in [1.165, 1.54) is 0 Å². The summed E-state index contributed by atoms with van der Waals surface area (Å²) in [5.41, 5.74) is 6.68. The lowest BCUT2D eigenvalue weighted by atomic mass is 10.1. The van der Waals surface area contributed by atoms with Gasteiger partial charge in [-0.2, -0.15) is 0 Å². The molecule has 0 radical (unpaired) electrons. The normalized spacial score (nSPS) is 11.1. The molecule has 0 atom stereocenters. The van der Waals surface area contributed by atoms with Crippen LogP contribution in [0.25, 0.3) is 0 Å². The van der Waals surface area contributed by atoms with Gasteiger partial charge in [0.05, 0.1) is 14.2 Å². The summed E-state index contributed by atoms with van der Waals surface area (Å²) in [6, 6.07) is 5.85. The lowest BCUT2D eigenvalue weighted by Crippen LogP contribution is -2.32. The molecular formula is C12H19N3O2. The quantitative estimate of drug-likeness (QED) is 0.586. The second-order valence-corrected chi connectivity index (χ2v) is 3.47. The summed E-state index contributed by atoms with van der Waals surface area (Å²) in [6.07, 6.45) is 0.844. The number of ether oxygens (including phenoxy) is 2. The van der Waals surface area contributed by atoms with Crippen LogP contribution in [0.2, 0.25) is 0 Å². The molecule has 5 nitrogen and oxygen atoms in total. The van der Waals surface area contributed by atoms with E-state index >= 15 is 0 Å². The lowest BCUT2D eigenvalue weighted by Gasteiger charge is -2.10. The van der Waals surface area contributed by atoms with Crippen LogP contribution in [0.3, 0.4) is 0 Å². The lowest BCUT2D eigenvalue weighted by molar-refractivity contribution is 0.354. The number of rotatable bonds is 5. The molecule has 0 fully saturated rings. The molecule has 0 heterocycles. The Morgan fingerprint density at radius 2 is 2.00 bits per heavy atom. The van der Waals surface area contributed by atoms with Crippen molar-refractivity contribution in [3.05, 3.63) is 23.8 Å². The van der Waals surface area contributed by atoms with Crippen molar-refractivity contribution in [1.82, 2.24) is 5.32 Å². The average molecular weight is 237 g/mol. The number of aliphatic imine (C=N–C) groups is 1. The van der Waals surface area contributed by atoms with Crippen molar-refractivity contribution in [2.75, 3.05) is 27.8 Å². The number of nitrogens with one attached hydrogen (secondary N) is 1. The van der Waals surface area contributed by atoms with E-state index in [1.54, 1.807) is 21.3 Å². The highest BCUT2D eigenvalue weighted by atomic mass is 16.5. The van der Waals surface area contributed by atoms with Crippen molar-refractivity contribution < 1.29 is 9.47 Å². The van der Waals surface area contributed by atoms with Crippen LogP contribution in [0.5, 0.6) is 11.5 Å². The highest BCUT2D eigenvalue weighted by molar-refractivity contribution is 5.77. The summed E-state index contributed by atoms with van der Waals surface area (Å²) in [7, 11) is 4.90. The number of nitrogens with two attached hydrogens (primary N) is 1. The Bertz CT molecular complexity index is 391. The largest absolute Gasteiger partial charge is 0.493 e. The SMILES string of the molecule is CN=C(N)NCCc1ccc(OC)c(OC)c1. The maximum atomic E-state index is 5.53. The van der Waals surface area contributed by atoms with Crippen LogP contribution in [0.4, 0.5) is 0 Å². The third-order valence-electron chi connectivity index (χ3n) is 2.41. The van der Waals surface area contributed by atoms with Crippen LogP contribution < -0.4 is 20.5 Å². The fourth-order valence-electron chi connectivity index (χ4n) is 1.45. The molecule has 0 bridgehead atoms. The molecule has 0 unspecified atom stereocenters. The number of hydrogen-bond donors (Lipinski definition) is 2. The van der Waals surface area contributed by atoms with Crippen LogP contribution in [0, 0.1) is 0 Å². The molecule has 3 N–H and O–H groups in total. The molecule has 1 rings (SSSR count).